The van der Waals surface area contributed by atoms with Crippen molar-refractivity contribution in [3.05, 3.63) is 24.0 Å². The average molecular weight is 266 g/mol. The van der Waals surface area contributed by atoms with Crippen LogP contribution in [0.4, 0.5) is 10.5 Å². The van der Waals surface area contributed by atoms with Crippen LogP contribution in [0.25, 0.3) is 0 Å². The number of ether oxygens (including phenoxy) is 2. The zero-order valence-electron chi connectivity index (χ0n) is 11.8. The molecule has 1 rings (SSSR count). The third kappa shape index (κ3) is 4.24. The zero-order valence-corrected chi connectivity index (χ0v) is 11.8. The smallest absolute Gasteiger partial charge is 0.414 e. The molecule has 0 bridgehead atoms. The van der Waals surface area contributed by atoms with E-state index in [9.17, 15) is 9.59 Å². The van der Waals surface area contributed by atoms with Crippen molar-refractivity contribution in [3.8, 4) is 0 Å². The minimum atomic E-state index is -0.585. The van der Waals surface area contributed by atoms with E-state index in [-0.39, 0.29) is 5.56 Å². The molecule has 0 radical (unpaired) electrons. The summed E-state index contributed by atoms with van der Waals surface area (Å²) >= 11 is 0. The molecule has 1 aromatic heterocycles. The lowest BCUT2D eigenvalue weighted by Gasteiger charge is -2.24. The number of nitrogens with zero attached hydrogens (tertiary/aromatic N) is 2. The number of carbonyl (C=O) groups excluding carboxylic acids is 2. The van der Waals surface area contributed by atoms with E-state index >= 15 is 0 Å². The monoisotopic (exact) mass is 266 g/mol. The molecule has 0 aromatic carbocycles. The van der Waals surface area contributed by atoms with E-state index in [1.807, 2.05) is 0 Å². The maximum atomic E-state index is 11.9. The maximum Gasteiger partial charge on any atom is 0.414 e. The van der Waals surface area contributed by atoms with Gasteiger partial charge < -0.3 is 9.47 Å². The molecule has 1 aromatic rings. The molecule has 0 saturated heterocycles. The van der Waals surface area contributed by atoms with Crippen molar-refractivity contribution in [2.24, 2.45) is 0 Å². The molecule has 0 spiro atoms. The predicted octanol–water partition coefficient (Wildman–Crippen LogP) is 2.24. The number of anilines is 1. The Morgan fingerprint density at radius 2 is 1.89 bits per heavy atom. The fourth-order valence-electron chi connectivity index (χ4n) is 1.28. The lowest BCUT2D eigenvalue weighted by Crippen LogP contribution is -2.34. The molecule has 0 atom stereocenters. The van der Waals surface area contributed by atoms with Gasteiger partial charge in [-0.3, -0.25) is 9.88 Å². The lowest BCUT2D eigenvalue weighted by molar-refractivity contribution is 0.0579. The van der Waals surface area contributed by atoms with Gasteiger partial charge in [0.2, 0.25) is 0 Å². The van der Waals surface area contributed by atoms with Crippen molar-refractivity contribution in [3.63, 3.8) is 0 Å². The molecule has 19 heavy (non-hydrogen) atoms. The highest BCUT2D eigenvalue weighted by atomic mass is 16.6. The molecule has 0 aliphatic heterocycles. The molecule has 0 saturated carbocycles. The molecule has 0 N–H and O–H groups in total. The summed E-state index contributed by atoms with van der Waals surface area (Å²) in [5.41, 5.74) is 0.145. The normalized spacial score (nSPS) is 10.8. The quantitative estimate of drug-likeness (QED) is 0.768. The number of pyridine rings is 1. The van der Waals surface area contributed by atoms with Crippen molar-refractivity contribution in [1.29, 1.82) is 0 Å². The number of amides is 1. The Balaban J connectivity index is 2.91. The Morgan fingerprint density at radius 1 is 1.26 bits per heavy atom. The first-order valence-electron chi connectivity index (χ1n) is 5.74. The van der Waals surface area contributed by atoms with Gasteiger partial charge >= 0.3 is 12.1 Å². The highest BCUT2D eigenvalue weighted by Gasteiger charge is 2.21. The number of rotatable bonds is 2. The van der Waals surface area contributed by atoms with Gasteiger partial charge in [0, 0.05) is 13.2 Å². The van der Waals surface area contributed by atoms with E-state index in [0.29, 0.717) is 5.69 Å². The van der Waals surface area contributed by atoms with Crippen LogP contribution in [0.2, 0.25) is 0 Å². The van der Waals surface area contributed by atoms with Gasteiger partial charge in [0.1, 0.15) is 5.60 Å². The fourth-order valence-corrected chi connectivity index (χ4v) is 1.28. The second kappa shape index (κ2) is 5.69. The van der Waals surface area contributed by atoms with E-state index in [0.717, 1.165) is 0 Å². The Kier molecular flexibility index (Phi) is 4.47. The highest BCUT2D eigenvalue weighted by Crippen LogP contribution is 2.17. The van der Waals surface area contributed by atoms with E-state index in [4.69, 9.17) is 4.74 Å². The predicted molar refractivity (Wildman–Crippen MR) is 70.2 cm³/mol. The van der Waals surface area contributed by atoms with E-state index < -0.39 is 17.7 Å². The van der Waals surface area contributed by atoms with Crippen LogP contribution in [0.3, 0.4) is 0 Å². The summed E-state index contributed by atoms with van der Waals surface area (Å²) < 4.78 is 9.82. The van der Waals surface area contributed by atoms with Crippen LogP contribution in [0.1, 0.15) is 31.1 Å². The molecule has 0 fully saturated rings. The number of hydrogen-bond donors (Lipinski definition) is 0. The minimum absolute atomic E-state index is 0.274. The summed E-state index contributed by atoms with van der Waals surface area (Å²) in [5, 5.41) is 0. The largest absolute Gasteiger partial charge is 0.465 e. The van der Waals surface area contributed by atoms with E-state index in [1.54, 1.807) is 27.8 Å². The minimum Gasteiger partial charge on any atom is -0.465 e. The van der Waals surface area contributed by atoms with Crippen LogP contribution in [0.15, 0.2) is 18.5 Å². The Morgan fingerprint density at radius 3 is 2.42 bits per heavy atom. The number of aromatic nitrogens is 1. The van der Waals surface area contributed by atoms with Gasteiger partial charge in [0.15, 0.2) is 0 Å². The first-order chi connectivity index (χ1) is 8.74. The number of carbonyl (C=O) groups is 2. The molecule has 1 heterocycles. The summed E-state index contributed by atoms with van der Waals surface area (Å²) in [5.74, 6) is -0.507. The zero-order chi connectivity index (χ0) is 14.6. The van der Waals surface area contributed by atoms with Crippen molar-refractivity contribution < 1.29 is 19.1 Å². The van der Waals surface area contributed by atoms with Crippen molar-refractivity contribution >= 4 is 17.7 Å². The summed E-state index contributed by atoms with van der Waals surface area (Å²) in [6.07, 6.45) is 2.32. The van der Waals surface area contributed by atoms with Gasteiger partial charge in [-0.25, -0.2) is 9.59 Å². The molecular formula is C13H18N2O4. The fraction of sp³-hybridized carbons (Fsp3) is 0.462. The number of methoxy groups -OCH3 is 1. The summed E-state index contributed by atoms with van der Waals surface area (Å²) in [6.45, 7) is 5.34. The van der Waals surface area contributed by atoms with Crippen molar-refractivity contribution in [2.45, 2.75) is 26.4 Å². The van der Waals surface area contributed by atoms with Gasteiger partial charge in [0.25, 0.3) is 0 Å². The number of esters is 1. The summed E-state index contributed by atoms with van der Waals surface area (Å²) in [4.78, 5) is 28.4. The van der Waals surface area contributed by atoms with Crippen molar-refractivity contribution in [1.82, 2.24) is 4.98 Å². The molecule has 104 valence electrons. The van der Waals surface area contributed by atoms with Gasteiger partial charge in [-0.05, 0) is 26.8 Å². The first kappa shape index (κ1) is 14.9. The molecule has 6 heteroatoms. The van der Waals surface area contributed by atoms with Crippen LogP contribution in [-0.4, -0.2) is 36.8 Å². The maximum absolute atomic E-state index is 11.9. The van der Waals surface area contributed by atoms with Crippen LogP contribution in [0.5, 0.6) is 0 Å². The molecule has 0 unspecified atom stereocenters. The summed E-state index contributed by atoms with van der Waals surface area (Å²) in [7, 11) is 2.83. The van der Waals surface area contributed by atoms with Gasteiger partial charge in [0.05, 0.1) is 24.6 Å². The van der Waals surface area contributed by atoms with E-state index in [2.05, 4.69) is 9.72 Å². The second-order valence-electron chi connectivity index (χ2n) is 4.96. The van der Waals surface area contributed by atoms with Crippen LogP contribution in [-0.2, 0) is 9.47 Å². The second-order valence-corrected chi connectivity index (χ2v) is 4.96. The van der Waals surface area contributed by atoms with E-state index in [1.165, 1.54) is 30.5 Å². The SMILES string of the molecule is COC(=O)c1cncc(N(C)C(=O)OC(C)(C)C)c1. The van der Waals surface area contributed by atoms with Crippen LogP contribution < -0.4 is 4.90 Å². The van der Waals surface area contributed by atoms with Crippen LogP contribution >= 0.6 is 0 Å². The Bertz CT molecular complexity index is 480. The highest BCUT2D eigenvalue weighted by molar-refractivity contribution is 5.92. The first-order valence-corrected chi connectivity index (χ1v) is 5.74. The van der Waals surface area contributed by atoms with Gasteiger partial charge in [-0.2, -0.15) is 0 Å². The topological polar surface area (TPSA) is 68.7 Å². The van der Waals surface area contributed by atoms with Gasteiger partial charge in [-0.15, -0.1) is 0 Å². The number of hydrogen-bond acceptors (Lipinski definition) is 5. The third-order valence-electron chi connectivity index (χ3n) is 2.20. The van der Waals surface area contributed by atoms with Crippen molar-refractivity contribution in [2.75, 3.05) is 19.1 Å². The van der Waals surface area contributed by atoms with Crippen LogP contribution in [0, 0.1) is 0 Å². The Hall–Kier alpha value is -2.11. The standard InChI is InChI=1S/C13H18N2O4/c1-13(2,3)19-12(17)15(4)10-6-9(7-14-8-10)11(16)18-5/h6-8H,1-5H3. The molecule has 0 aliphatic rings. The molecule has 6 nitrogen and oxygen atoms in total. The molecule has 1 amide bonds. The third-order valence-corrected chi connectivity index (χ3v) is 2.20. The summed E-state index contributed by atoms with van der Waals surface area (Å²) in [6, 6.07) is 1.52. The average Bonchev–Trinajstić information content (AvgIpc) is 2.35. The van der Waals surface area contributed by atoms with Gasteiger partial charge in [-0.1, -0.05) is 0 Å². The lowest BCUT2D eigenvalue weighted by atomic mass is 10.2. The molecule has 0 aliphatic carbocycles. The Labute approximate surface area is 112 Å². The molecular weight excluding hydrogens is 248 g/mol.